The molecule has 1 rings (SSSR count). The second-order valence-corrected chi connectivity index (χ2v) is 6.51. The third-order valence-corrected chi connectivity index (χ3v) is 4.67. The molecule has 0 spiro atoms. The summed E-state index contributed by atoms with van der Waals surface area (Å²) in [7, 11) is 4.30. The molecule has 0 aliphatic carbocycles. The van der Waals surface area contributed by atoms with Crippen molar-refractivity contribution in [2.45, 2.75) is 57.7 Å². The summed E-state index contributed by atoms with van der Waals surface area (Å²) in [5.74, 6) is -0.255. The maximum atomic E-state index is 11.7. The first kappa shape index (κ1) is 17.4. The van der Waals surface area contributed by atoms with Crippen molar-refractivity contribution in [3.8, 4) is 0 Å². The van der Waals surface area contributed by atoms with Crippen LogP contribution in [0.3, 0.4) is 0 Å². The zero-order chi connectivity index (χ0) is 15.3. The van der Waals surface area contributed by atoms with Crippen molar-refractivity contribution >= 4 is 5.91 Å². The number of primary amides is 1. The number of carbonyl (C=O) groups excluding carboxylic acids is 1. The number of nitrogens with one attached hydrogen (secondary N) is 1. The summed E-state index contributed by atoms with van der Waals surface area (Å²) < 4.78 is 0. The van der Waals surface area contributed by atoms with Crippen molar-refractivity contribution in [1.29, 1.82) is 0 Å². The number of likely N-dealkylation sites (N-methyl/N-ethyl adjacent to an activating group) is 1. The Labute approximate surface area is 123 Å². The highest BCUT2D eigenvalue weighted by atomic mass is 16.1. The van der Waals surface area contributed by atoms with Crippen molar-refractivity contribution in [2.24, 2.45) is 5.73 Å². The molecule has 1 aliphatic rings. The van der Waals surface area contributed by atoms with Gasteiger partial charge in [0.25, 0.3) is 0 Å². The van der Waals surface area contributed by atoms with Crippen LogP contribution in [0.4, 0.5) is 0 Å². The van der Waals surface area contributed by atoms with Gasteiger partial charge in [-0.2, -0.15) is 0 Å². The molecule has 5 nitrogen and oxygen atoms in total. The van der Waals surface area contributed by atoms with E-state index in [4.69, 9.17) is 5.73 Å². The fourth-order valence-electron chi connectivity index (χ4n) is 3.21. The van der Waals surface area contributed by atoms with Crippen molar-refractivity contribution in [1.82, 2.24) is 15.1 Å². The van der Waals surface area contributed by atoms with E-state index in [1.807, 2.05) is 13.8 Å². The second-order valence-electron chi connectivity index (χ2n) is 6.51. The van der Waals surface area contributed by atoms with Crippen LogP contribution in [0.5, 0.6) is 0 Å². The summed E-state index contributed by atoms with van der Waals surface area (Å²) in [4.78, 5) is 16.5. The van der Waals surface area contributed by atoms with Gasteiger partial charge in [-0.15, -0.1) is 0 Å². The third kappa shape index (κ3) is 4.43. The van der Waals surface area contributed by atoms with Crippen LogP contribution in [-0.2, 0) is 4.79 Å². The molecule has 5 heteroatoms. The zero-order valence-corrected chi connectivity index (χ0v) is 13.8. The van der Waals surface area contributed by atoms with Crippen molar-refractivity contribution in [3.05, 3.63) is 0 Å². The predicted molar refractivity (Wildman–Crippen MR) is 83.6 cm³/mol. The van der Waals surface area contributed by atoms with Crippen LogP contribution in [0.15, 0.2) is 0 Å². The summed E-state index contributed by atoms with van der Waals surface area (Å²) in [6.07, 6.45) is 3.17. The topological polar surface area (TPSA) is 61.6 Å². The van der Waals surface area contributed by atoms with Crippen molar-refractivity contribution < 1.29 is 4.79 Å². The smallest absolute Gasteiger partial charge is 0.237 e. The minimum Gasteiger partial charge on any atom is -0.368 e. The first-order valence-corrected chi connectivity index (χ1v) is 7.75. The van der Waals surface area contributed by atoms with E-state index in [9.17, 15) is 4.79 Å². The van der Waals surface area contributed by atoms with Gasteiger partial charge in [-0.3, -0.25) is 4.79 Å². The number of hydrogen-bond acceptors (Lipinski definition) is 4. The summed E-state index contributed by atoms with van der Waals surface area (Å²) in [5.41, 5.74) is 4.97. The SMILES string of the molecule is CCNC(C)(CC(C)N1CCC(N(C)C)CC1)C(N)=O. The molecule has 0 bridgehead atoms. The summed E-state index contributed by atoms with van der Waals surface area (Å²) >= 11 is 0. The lowest BCUT2D eigenvalue weighted by Gasteiger charge is -2.41. The van der Waals surface area contributed by atoms with Crippen LogP contribution in [0.25, 0.3) is 0 Å². The standard InChI is InChI=1S/C15H32N4O/c1-6-17-15(3,14(16)20)11-12(2)19-9-7-13(8-10-19)18(4)5/h12-13,17H,6-11H2,1-5H3,(H2,16,20). The second kappa shape index (κ2) is 7.38. The fourth-order valence-corrected chi connectivity index (χ4v) is 3.21. The Morgan fingerprint density at radius 2 is 2.00 bits per heavy atom. The minimum absolute atomic E-state index is 0.255. The predicted octanol–water partition coefficient (Wildman–Crippen LogP) is 0.645. The minimum atomic E-state index is -0.605. The van der Waals surface area contributed by atoms with Gasteiger partial charge in [-0.25, -0.2) is 0 Å². The molecule has 20 heavy (non-hydrogen) atoms. The van der Waals surface area contributed by atoms with Gasteiger partial charge in [-0.1, -0.05) is 6.92 Å². The average molecular weight is 284 g/mol. The Balaban J connectivity index is 2.54. The fraction of sp³-hybridized carbons (Fsp3) is 0.933. The van der Waals surface area contributed by atoms with E-state index in [0.717, 1.165) is 26.1 Å². The Kier molecular flexibility index (Phi) is 6.43. The van der Waals surface area contributed by atoms with E-state index in [1.54, 1.807) is 0 Å². The third-order valence-electron chi connectivity index (χ3n) is 4.67. The Bertz CT molecular complexity index is 313. The maximum Gasteiger partial charge on any atom is 0.237 e. The van der Waals surface area contributed by atoms with Crippen LogP contribution in [0.1, 0.15) is 40.0 Å². The van der Waals surface area contributed by atoms with Crippen LogP contribution in [-0.4, -0.2) is 67.1 Å². The van der Waals surface area contributed by atoms with Gasteiger partial charge < -0.3 is 20.9 Å². The monoisotopic (exact) mass is 284 g/mol. The lowest BCUT2D eigenvalue weighted by molar-refractivity contribution is -0.124. The van der Waals surface area contributed by atoms with Crippen molar-refractivity contribution in [3.63, 3.8) is 0 Å². The van der Waals surface area contributed by atoms with Crippen LogP contribution < -0.4 is 11.1 Å². The Morgan fingerprint density at radius 3 is 2.40 bits per heavy atom. The first-order chi connectivity index (χ1) is 9.30. The van der Waals surface area contributed by atoms with Gasteiger partial charge in [0.05, 0.1) is 5.54 Å². The number of rotatable bonds is 7. The van der Waals surface area contributed by atoms with E-state index >= 15 is 0 Å². The quantitative estimate of drug-likeness (QED) is 0.720. The maximum absolute atomic E-state index is 11.7. The molecule has 0 aromatic rings. The molecule has 1 heterocycles. The van der Waals surface area contributed by atoms with Gasteiger partial charge in [-0.05, 0) is 66.8 Å². The van der Waals surface area contributed by atoms with Gasteiger partial charge >= 0.3 is 0 Å². The van der Waals surface area contributed by atoms with Gasteiger partial charge in [0.15, 0.2) is 0 Å². The molecule has 1 fully saturated rings. The Morgan fingerprint density at radius 1 is 1.45 bits per heavy atom. The van der Waals surface area contributed by atoms with E-state index in [1.165, 1.54) is 12.8 Å². The molecule has 0 saturated carbocycles. The molecule has 0 radical (unpaired) electrons. The number of likely N-dealkylation sites (tertiary alicyclic amines) is 1. The molecule has 1 saturated heterocycles. The number of nitrogens with zero attached hydrogens (tertiary/aromatic N) is 2. The van der Waals surface area contributed by atoms with Crippen LogP contribution in [0, 0.1) is 0 Å². The van der Waals surface area contributed by atoms with Gasteiger partial charge in [0, 0.05) is 12.1 Å². The number of nitrogens with two attached hydrogens (primary N) is 1. The zero-order valence-electron chi connectivity index (χ0n) is 13.8. The molecule has 2 unspecified atom stereocenters. The van der Waals surface area contributed by atoms with Crippen LogP contribution in [0.2, 0.25) is 0 Å². The highest BCUT2D eigenvalue weighted by molar-refractivity contribution is 5.84. The van der Waals surface area contributed by atoms with Gasteiger partial charge in [0.2, 0.25) is 5.91 Å². The molecule has 2 atom stereocenters. The summed E-state index contributed by atoms with van der Waals surface area (Å²) in [6.45, 7) is 9.09. The summed E-state index contributed by atoms with van der Waals surface area (Å²) in [6, 6.07) is 1.06. The highest BCUT2D eigenvalue weighted by Gasteiger charge is 2.34. The van der Waals surface area contributed by atoms with E-state index in [0.29, 0.717) is 12.1 Å². The van der Waals surface area contributed by atoms with Crippen LogP contribution >= 0.6 is 0 Å². The van der Waals surface area contributed by atoms with E-state index < -0.39 is 5.54 Å². The molecule has 0 aromatic carbocycles. The molecular weight excluding hydrogens is 252 g/mol. The number of piperidine rings is 1. The molecular formula is C15H32N4O. The largest absolute Gasteiger partial charge is 0.368 e. The average Bonchev–Trinajstić information content (AvgIpc) is 2.38. The highest BCUT2D eigenvalue weighted by Crippen LogP contribution is 2.21. The number of amides is 1. The number of carbonyl (C=O) groups is 1. The molecule has 1 amide bonds. The normalized spacial score (nSPS) is 22.7. The summed E-state index contributed by atoms with van der Waals surface area (Å²) in [5, 5.41) is 3.25. The first-order valence-electron chi connectivity index (χ1n) is 7.75. The molecule has 3 N–H and O–H groups in total. The number of hydrogen-bond donors (Lipinski definition) is 2. The molecule has 118 valence electrons. The lowest BCUT2D eigenvalue weighted by Crippen LogP contribution is -2.57. The Hall–Kier alpha value is -0.650. The van der Waals surface area contributed by atoms with E-state index in [-0.39, 0.29) is 5.91 Å². The molecule has 0 aromatic heterocycles. The lowest BCUT2D eigenvalue weighted by atomic mass is 9.90. The van der Waals surface area contributed by atoms with Crippen molar-refractivity contribution in [2.75, 3.05) is 33.7 Å². The van der Waals surface area contributed by atoms with Gasteiger partial charge in [0.1, 0.15) is 0 Å². The van der Waals surface area contributed by atoms with E-state index in [2.05, 4.69) is 36.1 Å². The molecule has 1 aliphatic heterocycles.